The van der Waals surface area contributed by atoms with Crippen molar-refractivity contribution in [2.45, 2.75) is 50.5 Å². The van der Waals surface area contributed by atoms with Gasteiger partial charge >= 0.3 is 0 Å². The monoisotopic (exact) mass is 514 g/mol. The first-order chi connectivity index (χ1) is 16.8. The lowest BCUT2D eigenvalue weighted by Crippen LogP contribution is -2.36. The summed E-state index contributed by atoms with van der Waals surface area (Å²) in [5.41, 5.74) is 2.33. The number of amides is 1. The molecule has 1 amide bonds. The van der Waals surface area contributed by atoms with Crippen molar-refractivity contribution >= 4 is 27.5 Å². The summed E-state index contributed by atoms with van der Waals surface area (Å²) in [7, 11) is -3.05. The minimum absolute atomic E-state index is 0.00531. The number of aromatic nitrogens is 3. The van der Waals surface area contributed by atoms with Gasteiger partial charge in [0.15, 0.2) is 20.8 Å². The van der Waals surface area contributed by atoms with Crippen molar-refractivity contribution < 1.29 is 17.9 Å². The third kappa shape index (κ3) is 6.64. The second-order valence-corrected chi connectivity index (χ2v) is 11.8. The van der Waals surface area contributed by atoms with Gasteiger partial charge in [-0.15, -0.1) is 10.2 Å². The van der Waals surface area contributed by atoms with Gasteiger partial charge in [0.1, 0.15) is 12.4 Å². The smallest absolute Gasteiger partial charge is 0.230 e. The van der Waals surface area contributed by atoms with Crippen molar-refractivity contribution in [3.63, 3.8) is 0 Å². The molecule has 0 radical (unpaired) electrons. The number of hydrogen-bond acceptors (Lipinski definition) is 7. The number of sulfone groups is 1. The molecule has 0 bridgehead atoms. The highest BCUT2D eigenvalue weighted by atomic mass is 32.2. The average molecular weight is 515 g/mol. The highest BCUT2D eigenvalue weighted by molar-refractivity contribution is 7.99. The number of nitrogens with one attached hydrogen (secondary N) is 1. The predicted octanol–water partition coefficient (Wildman–Crippen LogP) is 3.42. The molecule has 1 saturated heterocycles. The molecule has 1 aromatic heterocycles. The zero-order valence-electron chi connectivity index (χ0n) is 19.9. The molecule has 35 heavy (non-hydrogen) atoms. The first-order valence-corrected chi connectivity index (χ1v) is 14.5. The van der Waals surface area contributed by atoms with Gasteiger partial charge in [0.25, 0.3) is 0 Å². The van der Waals surface area contributed by atoms with Crippen LogP contribution in [0.4, 0.5) is 0 Å². The number of carbonyl (C=O) groups is 1. The van der Waals surface area contributed by atoms with Crippen LogP contribution in [0.3, 0.4) is 0 Å². The van der Waals surface area contributed by atoms with E-state index >= 15 is 0 Å². The van der Waals surface area contributed by atoms with Crippen LogP contribution in [0.5, 0.6) is 5.75 Å². The zero-order chi connectivity index (χ0) is 24.8. The molecule has 186 valence electrons. The Balaban J connectivity index is 1.47. The molecule has 1 aliphatic rings. The summed E-state index contributed by atoms with van der Waals surface area (Å²) in [5.74, 6) is 1.45. The van der Waals surface area contributed by atoms with Gasteiger partial charge in [-0.25, -0.2) is 8.42 Å². The fourth-order valence-electron chi connectivity index (χ4n) is 4.05. The Kier molecular flexibility index (Phi) is 8.12. The van der Waals surface area contributed by atoms with Crippen LogP contribution in [-0.4, -0.2) is 52.4 Å². The molecule has 1 aliphatic heterocycles. The molecule has 8 nitrogen and oxygen atoms in total. The lowest BCUT2D eigenvalue weighted by molar-refractivity contribution is -0.119. The molecule has 4 rings (SSSR count). The molecule has 0 aliphatic carbocycles. The van der Waals surface area contributed by atoms with Gasteiger partial charge in [0.05, 0.1) is 23.3 Å². The van der Waals surface area contributed by atoms with Crippen LogP contribution in [0.1, 0.15) is 43.3 Å². The Morgan fingerprint density at radius 1 is 1.17 bits per heavy atom. The van der Waals surface area contributed by atoms with Crippen molar-refractivity contribution in [2.24, 2.45) is 0 Å². The van der Waals surface area contributed by atoms with E-state index in [0.29, 0.717) is 17.4 Å². The molecule has 10 heteroatoms. The minimum atomic E-state index is -3.05. The van der Waals surface area contributed by atoms with E-state index in [0.717, 1.165) is 17.7 Å². The number of ether oxygens (including phenoxy) is 1. The molecule has 2 heterocycles. The van der Waals surface area contributed by atoms with Crippen LogP contribution in [-0.2, 0) is 27.7 Å². The Morgan fingerprint density at radius 2 is 1.91 bits per heavy atom. The van der Waals surface area contributed by atoms with Crippen LogP contribution >= 0.6 is 11.8 Å². The fourth-order valence-corrected chi connectivity index (χ4v) is 6.57. The van der Waals surface area contributed by atoms with Crippen molar-refractivity contribution in [1.29, 1.82) is 0 Å². The molecule has 1 fully saturated rings. The molecular formula is C25H30N4O4S2. The molecule has 1 N–H and O–H groups in total. The van der Waals surface area contributed by atoms with E-state index in [9.17, 15) is 13.2 Å². The normalized spacial score (nSPS) is 17.7. The standard InChI is InChI=1S/C25H30N4O4S2/c1-3-19-9-11-22(12-10-19)33-15-23-27-28-25(29(23)18(2)20-7-5-4-6-8-20)34-16-24(30)26-21-13-14-35(31,32)17-21/h4-12,18,21H,3,13-17H2,1-2H3,(H,26,30)/t18-,21-/m1/s1. The Labute approximate surface area is 210 Å². The second-order valence-electron chi connectivity index (χ2n) is 8.60. The van der Waals surface area contributed by atoms with Gasteiger partial charge in [0, 0.05) is 6.04 Å². The quantitative estimate of drug-likeness (QED) is 0.414. The van der Waals surface area contributed by atoms with Gasteiger partial charge in [-0.2, -0.15) is 0 Å². The number of thioether (sulfide) groups is 1. The average Bonchev–Trinajstić information content (AvgIpc) is 3.43. The molecular weight excluding hydrogens is 484 g/mol. The summed E-state index contributed by atoms with van der Waals surface area (Å²) in [4.78, 5) is 12.5. The van der Waals surface area contributed by atoms with Crippen LogP contribution in [0.2, 0.25) is 0 Å². The van der Waals surface area contributed by atoms with E-state index < -0.39 is 9.84 Å². The number of nitrogens with zero attached hydrogens (tertiary/aromatic N) is 3. The van der Waals surface area contributed by atoms with Gasteiger partial charge in [-0.05, 0) is 43.0 Å². The summed E-state index contributed by atoms with van der Waals surface area (Å²) in [5, 5.41) is 12.2. The van der Waals surface area contributed by atoms with Crippen molar-refractivity contribution in [1.82, 2.24) is 20.1 Å². The number of hydrogen-bond donors (Lipinski definition) is 1. The summed E-state index contributed by atoms with van der Waals surface area (Å²) in [6.45, 7) is 4.41. The Morgan fingerprint density at radius 3 is 2.57 bits per heavy atom. The number of benzene rings is 2. The molecule has 0 unspecified atom stereocenters. The third-order valence-corrected chi connectivity index (χ3v) is 8.74. The van der Waals surface area contributed by atoms with E-state index in [1.54, 1.807) is 0 Å². The van der Waals surface area contributed by atoms with Crippen molar-refractivity contribution in [3.8, 4) is 5.75 Å². The maximum Gasteiger partial charge on any atom is 0.230 e. The molecule has 0 saturated carbocycles. The van der Waals surface area contributed by atoms with Crippen molar-refractivity contribution in [2.75, 3.05) is 17.3 Å². The second kappa shape index (κ2) is 11.3. The van der Waals surface area contributed by atoms with E-state index in [4.69, 9.17) is 4.74 Å². The van der Waals surface area contributed by atoms with E-state index in [1.165, 1.54) is 17.3 Å². The summed E-state index contributed by atoms with van der Waals surface area (Å²) in [6.07, 6.45) is 1.43. The molecule has 0 spiro atoms. The highest BCUT2D eigenvalue weighted by Crippen LogP contribution is 2.27. The first kappa shape index (κ1) is 25.2. The lowest BCUT2D eigenvalue weighted by atomic mass is 10.1. The van der Waals surface area contributed by atoms with E-state index in [1.807, 2.05) is 59.2 Å². The van der Waals surface area contributed by atoms with E-state index in [-0.39, 0.29) is 41.9 Å². The Hall–Kier alpha value is -2.85. The SMILES string of the molecule is CCc1ccc(OCc2nnc(SCC(=O)N[C@@H]3CCS(=O)(=O)C3)n2[C@H](C)c2ccccc2)cc1. The topological polar surface area (TPSA) is 103 Å². The third-order valence-electron chi connectivity index (χ3n) is 6.03. The fraction of sp³-hybridized carbons (Fsp3) is 0.400. The maximum absolute atomic E-state index is 12.5. The zero-order valence-corrected chi connectivity index (χ0v) is 21.5. The molecule has 2 aromatic carbocycles. The van der Waals surface area contributed by atoms with Crippen LogP contribution in [0, 0.1) is 0 Å². The number of aryl methyl sites for hydroxylation is 1. The summed E-state index contributed by atoms with van der Waals surface area (Å²) < 4.78 is 31.3. The van der Waals surface area contributed by atoms with Crippen LogP contribution < -0.4 is 10.1 Å². The minimum Gasteiger partial charge on any atom is -0.486 e. The number of rotatable bonds is 10. The van der Waals surface area contributed by atoms with Crippen molar-refractivity contribution in [3.05, 3.63) is 71.5 Å². The van der Waals surface area contributed by atoms with Gasteiger partial charge in [-0.3, -0.25) is 9.36 Å². The van der Waals surface area contributed by atoms with E-state index in [2.05, 4.69) is 29.4 Å². The predicted molar refractivity (Wildman–Crippen MR) is 136 cm³/mol. The highest BCUT2D eigenvalue weighted by Gasteiger charge is 2.29. The van der Waals surface area contributed by atoms with Gasteiger partial charge in [0.2, 0.25) is 5.91 Å². The van der Waals surface area contributed by atoms with Crippen LogP contribution in [0.15, 0.2) is 59.8 Å². The van der Waals surface area contributed by atoms with Gasteiger partial charge < -0.3 is 10.1 Å². The largest absolute Gasteiger partial charge is 0.486 e. The maximum atomic E-state index is 12.5. The Bertz CT molecular complexity index is 1240. The summed E-state index contributed by atoms with van der Waals surface area (Å²) in [6, 6.07) is 17.6. The van der Waals surface area contributed by atoms with Gasteiger partial charge in [-0.1, -0.05) is 61.2 Å². The molecule has 2 atom stereocenters. The summed E-state index contributed by atoms with van der Waals surface area (Å²) >= 11 is 1.28. The molecule has 3 aromatic rings. The lowest BCUT2D eigenvalue weighted by Gasteiger charge is -2.19. The number of carbonyl (C=O) groups excluding carboxylic acids is 1. The first-order valence-electron chi connectivity index (χ1n) is 11.7. The van der Waals surface area contributed by atoms with Crippen LogP contribution in [0.25, 0.3) is 0 Å².